The van der Waals surface area contributed by atoms with Crippen LogP contribution in [0, 0.1) is 0 Å². The molecule has 114 valence electrons. The van der Waals surface area contributed by atoms with E-state index in [4.69, 9.17) is 8.83 Å². The van der Waals surface area contributed by atoms with Gasteiger partial charge in [0.1, 0.15) is 18.1 Å². The number of rotatable bonds is 6. The fraction of sp³-hybridized carbons (Fsp3) is 0.357. The summed E-state index contributed by atoms with van der Waals surface area (Å²) in [5.74, 6) is 0.277. The lowest BCUT2D eigenvalue weighted by atomic mass is 10.2. The number of furan rings is 2. The summed E-state index contributed by atoms with van der Waals surface area (Å²) in [4.78, 5) is 12.7. The first kappa shape index (κ1) is 15.2. The highest BCUT2D eigenvalue weighted by molar-refractivity contribution is 5.76. The molecule has 0 fully saturated rings. The number of hydrogen-bond donors (Lipinski definition) is 0. The predicted molar refractivity (Wildman–Crippen MR) is 67.2 cm³/mol. The average Bonchev–Trinajstić information content (AvgIpc) is 3.06. The van der Waals surface area contributed by atoms with Crippen molar-refractivity contribution in [2.24, 2.45) is 0 Å². The molecule has 0 aliphatic carbocycles. The molecule has 0 bridgehead atoms. The Balaban J connectivity index is 1.97. The SMILES string of the molecule is O=C(CCc1ccco1)N(Cc1ccco1)CC(F)(F)F. The van der Waals surface area contributed by atoms with Crippen LogP contribution in [0.4, 0.5) is 13.2 Å². The van der Waals surface area contributed by atoms with Gasteiger partial charge in [0, 0.05) is 12.8 Å². The van der Waals surface area contributed by atoms with Gasteiger partial charge >= 0.3 is 6.18 Å². The second-order valence-electron chi connectivity index (χ2n) is 4.52. The van der Waals surface area contributed by atoms with Gasteiger partial charge in [-0.2, -0.15) is 13.2 Å². The van der Waals surface area contributed by atoms with Crippen LogP contribution < -0.4 is 0 Å². The number of hydrogen-bond acceptors (Lipinski definition) is 3. The Labute approximate surface area is 119 Å². The number of carbonyl (C=O) groups is 1. The lowest BCUT2D eigenvalue weighted by Crippen LogP contribution is -2.38. The van der Waals surface area contributed by atoms with Crippen LogP contribution in [-0.4, -0.2) is 23.5 Å². The normalized spacial score (nSPS) is 11.6. The van der Waals surface area contributed by atoms with Crippen molar-refractivity contribution in [1.29, 1.82) is 0 Å². The van der Waals surface area contributed by atoms with E-state index in [-0.39, 0.29) is 19.4 Å². The molecule has 0 spiro atoms. The zero-order valence-electron chi connectivity index (χ0n) is 11.1. The summed E-state index contributed by atoms with van der Waals surface area (Å²) in [6.07, 6.45) is -1.43. The molecule has 0 N–H and O–H groups in total. The van der Waals surface area contributed by atoms with Gasteiger partial charge < -0.3 is 13.7 Å². The molecule has 2 heterocycles. The maximum absolute atomic E-state index is 12.6. The van der Waals surface area contributed by atoms with E-state index in [9.17, 15) is 18.0 Å². The van der Waals surface area contributed by atoms with Crippen LogP contribution in [-0.2, 0) is 17.8 Å². The van der Waals surface area contributed by atoms with Gasteiger partial charge in [0.15, 0.2) is 0 Å². The van der Waals surface area contributed by atoms with Gasteiger partial charge in [0.05, 0.1) is 19.1 Å². The zero-order chi connectivity index (χ0) is 15.3. The van der Waals surface area contributed by atoms with Crippen molar-refractivity contribution in [2.45, 2.75) is 25.6 Å². The largest absolute Gasteiger partial charge is 0.469 e. The van der Waals surface area contributed by atoms with Crippen LogP contribution in [0.2, 0.25) is 0 Å². The van der Waals surface area contributed by atoms with Gasteiger partial charge in [0.2, 0.25) is 5.91 Å². The monoisotopic (exact) mass is 301 g/mol. The summed E-state index contributed by atoms with van der Waals surface area (Å²) in [7, 11) is 0. The van der Waals surface area contributed by atoms with E-state index in [1.54, 1.807) is 18.2 Å². The molecule has 2 aromatic heterocycles. The molecule has 0 aromatic carbocycles. The second kappa shape index (κ2) is 6.51. The summed E-state index contributed by atoms with van der Waals surface area (Å²) in [6, 6.07) is 6.43. The fourth-order valence-electron chi connectivity index (χ4n) is 1.88. The molecule has 2 aromatic rings. The van der Waals surface area contributed by atoms with Gasteiger partial charge in [-0.25, -0.2) is 0 Å². The van der Waals surface area contributed by atoms with Crippen molar-refractivity contribution in [3.63, 3.8) is 0 Å². The van der Waals surface area contributed by atoms with Crippen LogP contribution in [0.25, 0.3) is 0 Å². The molecule has 1 amide bonds. The Kier molecular flexibility index (Phi) is 4.72. The van der Waals surface area contributed by atoms with E-state index in [0.717, 1.165) is 4.90 Å². The Morgan fingerprint density at radius 3 is 2.24 bits per heavy atom. The van der Waals surface area contributed by atoms with Crippen molar-refractivity contribution >= 4 is 5.91 Å². The van der Waals surface area contributed by atoms with Gasteiger partial charge in [-0.05, 0) is 24.3 Å². The molecule has 0 unspecified atom stereocenters. The van der Waals surface area contributed by atoms with Crippen LogP contribution in [0.3, 0.4) is 0 Å². The maximum Gasteiger partial charge on any atom is 0.406 e. The maximum atomic E-state index is 12.6. The number of halogens is 3. The van der Waals surface area contributed by atoms with E-state index in [2.05, 4.69) is 0 Å². The summed E-state index contributed by atoms with van der Waals surface area (Å²) in [5.41, 5.74) is 0. The van der Waals surface area contributed by atoms with Crippen molar-refractivity contribution in [2.75, 3.05) is 6.54 Å². The minimum absolute atomic E-state index is 0.0513. The molecule has 0 atom stereocenters. The van der Waals surface area contributed by atoms with E-state index < -0.39 is 18.6 Å². The summed E-state index contributed by atoms with van der Waals surface area (Å²) < 4.78 is 47.8. The fourth-order valence-corrected chi connectivity index (χ4v) is 1.88. The Bertz CT molecular complexity index is 547. The van der Waals surface area contributed by atoms with Crippen LogP contribution in [0.5, 0.6) is 0 Å². The first-order chi connectivity index (χ1) is 9.94. The molecule has 0 radical (unpaired) electrons. The lowest BCUT2D eigenvalue weighted by Gasteiger charge is -2.23. The summed E-state index contributed by atoms with van der Waals surface area (Å²) in [5, 5.41) is 0. The molecular formula is C14H14F3NO3. The molecule has 7 heteroatoms. The minimum atomic E-state index is -4.45. The second-order valence-corrected chi connectivity index (χ2v) is 4.52. The Hall–Kier alpha value is -2.18. The Morgan fingerprint density at radius 2 is 1.71 bits per heavy atom. The van der Waals surface area contributed by atoms with Crippen molar-refractivity contribution < 1.29 is 26.8 Å². The highest BCUT2D eigenvalue weighted by atomic mass is 19.4. The molecule has 0 saturated carbocycles. The molecule has 2 rings (SSSR count). The molecule has 0 aliphatic rings. The molecule has 0 aliphatic heterocycles. The van der Waals surface area contributed by atoms with E-state index in [1.807, 2.05) is 0 Å². The highest BCUT2D eigenvalue weighted by Gasteiger charge is 2.33. The standard InChI is InChI=1S/C14H14F3NO3/c15-14(16,17)10-18(9-12-4-2-8-21-12)13(19)6-5-11-3-1-7-20-11/h1-4,7-8H,5-6,9-10H2. The molecular weight excluding hydrogens is 287 g/mol. The van der Waals surface area contributed by atoms with Crippen LogP contribution in [0.1, 0.15) is 17.9 Å². The lowest BCUT2D eigenvalue weighted by molar-refractivity contribution is -0.162. The summed E-state index contributed by atoms with van der Waals surface area (Å²) >= 11 is 0. The number of carbonyl (C=O) groups excluding carboxylic acids is 1. The molecule has 0 saturated heterocycles. The van der Waals surface area contributed by atoms with Gasteiger partial charge in [0.25, 0.3) is 0 Å². The average molecular weight is 301 g/mol. The van der Waals surface area contributed by atoms with Crippen molar-refractivity contribution in [1.82, 2.24) is 4.90 Å². The first-order valence-electron chi connectivity index (χ1n) is 6.33. The van der Waals surface area contributed by atoms with Crippen LogP contribution >= 0.6 is 0 Å². The minimum Gasteiger partial charge on any atom is -0.469 e. The van der Waals surface area contributed by atoms with E-state index in [0.29, 0.717) is 11.5 Å². The Morgan fingerprint density at radius 1 is 1.10 bits per heavy atom. The third kappa shape index (κ3) is 5.02. The third-order valence-corrected chi connectivity index (χ3v) is 2.82. The van der Waals surface area contributed by atoms with Gasteiger partial charge in [-0.15, -0.1) is 0 Å². The zero-order valence-corrected chi connectivity index (χ0v) is 11.1. The smallest absolute Gasteiger partial charge is 0.406 e. The highest BCUT2D eigenvalue weighted by Crippen LogP contribution is 2.19. The number of nitrogens with zero attached hydrogens (tertiary/aromatic N) is 1. The third-order valence-electron chi connectivity index (χ3n) is 2.82. The quantitative estimate of drug-likeness (QED) is 0.821. The van der Waals surface area contributed by atoms with E-state index >= 15 is 0 Å². The topological polar surface area (TPSA) is 46.6 Å². The number of alkyl halides is 3. The predicted octanol–water partition coefficient (Wildman–Crippen LogP) is 3.40. The molecule has 21 heavy (non-hydrogen) atoms. The van der Waals surface area contributed by atoms with Gasteiger partial charge in [-0.1, -0.05) is 0 Å². The first-order valence-corrected chi connectivity index (χ1v) is 6.33. The van der Waals surface area contributed by atoms with Crippen molar-refractivity contribution in [3.8, 4) is 0 Å². The van der Waals surface area contributed by atoms with E-state index in [1.165, 1.54) is 18.6 Å². The number of amides is 1. The van der Waals surface area contributed by atoms with Crippen LogP contribution in [0.15, 0.2) is 45.6 Å². The van der Waals surface area contributed by atoms with Crippen molar-refractivity contribution in [3.05, 3.63) is 48.3 Å². The summed E-state index contributed by atoms with van der Waals surface area (Å²) in [6.45, 7) is -1.51. The number of aryl methyl sites for hydroxylation is 1. The molecule has 4 nitrogen and oxygen atoms in total. The van der Waals surface area contributed by atoms with Gasteiger partial charge in [-0.3, -0.25) is 4.79 Å².